The van der Waals surface area contributed by atoms with Gasteiger partial charge in [0.15, 0.2) is 18.0 Å². The highest BCUT2D eigenvalue weighted by atomic mass is 16.6. The summed E-state index contributed by atoms with van der Waals surface area (Å²) in [6.07, 6.45) is -5.12. The smallest absolute Gasteiger partial charge is 0.337 e. The topological polar surface area (TPSA) is 146 Å². The van der Waals surface area contributed by atoms with Crippen LogP contribution in [0.3, 0.4) is 0 Å². The number of rotatable bonds is 8. The maximum absolute atomic E-state index is 13.6. The second kappa shape index (κ2) is 14.0. The van der Waals surface area contributed by atoms with Crippen LogP contribution in [0, 0.1) is 22.7 Å². The van der Waals surface area contributed by atoms with Gasteiger partial charge >= 0.3 is 23.9 Å². The van der Waals surface area contributed by atoms with Gasteiger partial charge < -0.3 is 24.1 Å². The summed E-state index contributed by atoms with van der Waals surface area (Å²) in [5, 5.41) is 11.3. The van der Waals surface area contributed by atoms with Gasteiger partial charge in [0, 0.05) is 44.4 Å². The Morgan fingerprint density at radius 2 is 1.52 bits per heavy atom. The summed E-state index contributed by atoms with van der Waals surface area (Å²) in [6.45, 7) is 15.5. The highest BCUT2D eigenvalue weighted by molar-refractivity contribution is 5.97. The zero-order chi connectivity index (χ0) is 35.9. The lowest BCUT2D eigenvalue weighted by atomic mass is 9.49. The van der Waals surface area contributed by atoms with E-state index in [-0.39, 0.29) is 25.0 Å². The van der Waals surface area contributed by atoms with Gasteiger partial charge in [-0.1, -0.05) is 57.7 Å². The van der Waals surface area contributed by atoms with Crippen LogP contribution in [0.1, 0.15) is 79.3 Å². The molecule has 4 rings (SSSR count). The molecule has 0 radical (unpaired) electrons. The molecule has 0 aromatic heterocycles. The van der Waals surface area contributed by atoms with E-state index in [9.17, 15) is 29.1 Å². The first-order valence-corrected chi connectivity index (χ1v) is 16.4. The van der Waals surface area contributed by atoms with E-state index in [1.165, 1.54) is 20.8 Å². The Balaban J connectivity index is 1.85. The molecule has 3 aliphatic carbocycles. The van der Waals surface area contributed by atoms with Crippen LogP contribution in [-0.4, -0.2) is 84.3 Å². The molecule has 11 nitrogen and oxygen atoms in total. The molecule has 3 aliphatic rings. The van der Waals surface area contributed by atoms with Gasteiger partial charge in [-0.2, -0.15) is 0 Å². The molecule has 0 aliphatic heterocycles. The lowest BCUT2D eigenvalue weighted by Gasteiger charge is -2.59. The van der Waals surface area contributed by atoms with Gasteiger partial charge in [-0.25, -0.2) is 4.79 Å². The number of esters is 4. The molecule has 2 unspecified atom stereocenters. The molecule has 0 heterocycles. The Morgan fingerprint density at radius 1 is 0.938 bits per heavy atom. The molecule has 0 saturated heterocycles. The molecule has 11 heteroatoms. The van der Waals surface area contributed by atoms with Gasteiger partial charge in [0.1, 0.15) is 18.3 Å². The summed E-state index contributed by atoms with van der Waals surface area (Å²) in [4.78, 5) is 67.2. The lowest BCUT2D eigenvalue weighted by Crippen LogP contribution is -2.64. The second-order valence-electron chi connectivity index (χ2n) is 14.4. The summed E-state index contributed by atoms with van der Waals surface area (Å²) in [7, 11) is 3.51. The van der Waals surface area contributed by atoms with Crippen molar-refractivity contribution in [2.75, 3.05) is 14.1 Å². The highest BCUT2D eigenvalue weighted by Crippen LogP contribution is 2.60. The van der Waals surface area contributed by atoms with Gasteiger partial charge in [-0.05, 0) is 61.6 Å². The zero-order valence-corrected chi connectivity index (χ0v) is 29.4. The van der Waals surface area contributed by atoms with E-state index in [1.54, 1.807) is 25.9 Å². The molecule has 48 heavy (non-hydrogen) atoms. The number of likely N-dealkylation sites (N-methyl/N-ethyl adjacent to an activating group) is 1. The molecule has 2 saturated carbocycles. The predicted octanol–water partition coefficient (Wildman–Crippen LogP) is 4.27. The van der Waals surface area contributed by atoms with Crippen LogP contribution >= 0.6 is 0 Å². The Bertz CT molecular complexity index is 1500. The molecule has 0 amide bonds. The van der Waals surface area contributed by atoms with Gasteiger partial charge in [-0.3, -0.25) is 24.1 Å². The summed E-state index contributed by atoms with van der Waals surface area (Å²) < 4.78 is 24.2. The van der Waals surface area contributed by atoms with Crippen LogP contribution in [-0.2, 0) is 42.9 Å². The molecule has 2 fully saturated rings. The Labute approximate surface area is 282 Å². The maximum atomic E-state index is 13.6. The third-order valence-electron chi connectivity index (χ3n) is 10.6. The minimum atomic E-state index is -1.54. The lowest BCUT2D eigenvalue weighted by molar-refractivity contribution is -0.203. The fraction of sp³-hybridized carbons (Fsp3) is 0.595. The number of benzene rings is 1. The van der Waals surface area contributed by atoms with E-state index in [0.717, 1.165) is 5.56 Å². The first-order valence-electron chi connectivity index (χ1n) is 16.4. The first-order chi connectivity index (χ1) is 22.3. The number of ether oxygens (including phenoxy) is 4. The van der Waals surface area contributed by atoms with Crippen LogP contribution in [0.2, 0.25) is 0 Å². The molecule has 1 N–H and O–H groups in total. The fourth-order valence-corrected chi connectivity index (χ4v) is 8.49. The quantitative estimate of drug-likeness (QED) is 0.241. The minimum Gasteiger partial charge on any atom is -0.462 e. The molecule has 1 aromatic rings. The second-order valence-corrected chi connectivity index (χ2v) is 14.4. The minimum absolute atomic E-state index is 0.0376. The number of Topliss-reactive ketones (excluding diaryl/α,β-unsaturated/α-hetero) is 1. The average Bonchev–Trinajstić information content (AvgIpc) is 2.97. The molecule has 2 bridgehead atoms. The number of allylic oxidation sites excluding steroid dienone is 1. The third-order valence-corrected chi connectivity index (χ3v) is 10.6. The number of hydrogen-bond acceptors (Lipinski definition) is 11. The number of hydrogen-bond donors (Lipinski definition) is 1. The van der Waals surface area contributed by atoms with E-state index in [2.05, 4.69) is 6.58 Å². The van der Waals surface area contributed by atoms with Crippen molar-refractivity contribution in [3.63, 3.8) is 0 Å². The van der Waals surface area contributed by atoms with Crippen molar-refractivity contribution in [3.05, 3.63) is 59.2 Å². The molecule has 1 aromatic carbocycles. The average molecular weight is 668 g/mol. The fourth-order valence-electron chi connectivity index (χ4n) is 8.49. The van der Waals surface area contributed by atoms with E-state index in [1.807, 2.05) is 51.1 Å². The van der Waals surface area contributed by atoms with Crippen molar-refractivity contribution >= 4 is 29.7 Å². The van der Waals surface area contributed by atoms with Crippen LogP contribution < -0.4 is 0 Å². The number of aliphatic hydroxyl groups is 1. The number of ketones is 1. The summed E-state index contributed by atoms with van der Waals surface area (Å²) in [5.41, 5.74) is 0.0792. The molecular weight excluding hydrogens is 618 g/mol. The zero-order valence-electron chi connectivity index (χ0n) is 29.4. The van der Waals surface area contributed by atoms with Gasteiger partial charge in [0.05, 0.1) is 6.04 Å². The van der Waals surface area contributed by atoms with E-state index in [4.69, 9.17) is 18.9 Å². The summed E-state index contributed by atoms with van der Waals surface area (Å²) in [5.74, 6) is -4.32. The van der Waals surface area contributed by atoms with Gasteiger partial charge in [0.25, 0.3) is 0 Å². The monoisotopic (exact) mass is 667 g/mol. The van der Waals surface area contributed by atoms with Crippen molar-refractivity contribution in [3.8, 4) is 0 Å². The van der Waals surface area contributed by atoms with Gasteiger partial charge in [-0.15, -0.1) is 0 Å². The van der Waals surface area contributed by atoms with Gasteiger partial charge in [0.2, 0.25) is 0 Å². The number of carbonyl (C=O) groups is 5. The SMILES string of the molecule is C=C1[C@@H](OC(=O)[C@H](O)C(c2ccccc2)N(C)C)CC[C@@]2(C)[C@@H](OC(C)=O)[C@H](OC(C)=O)C3=C(C)C(=O)CC([C@@H](OC(C)=O)[C@H]12)C3(C)C. The van der Waals surface area contributed by atoms with Crippen molar-refractivity contribution < 1.29 is 48.0 Å². The van der Waals surface area contributed by atoms with Crippen LogP contribution in [0.5, 0.6) is 0 Å². The van der Waals surface area contributed by atoms with Crippen LogP contribution in [0.25, 0.3) is 0 Å². The first kappa shape index (κ1) is 37.0. The van der Waals surface area contributed by atoms with Crippen molar-refractivity contribution in [1.82, 2.24) is 4.90 Å². The largest absolute Gasteiger partial charge is 0.462 e. The van der Waals surface area contributed by atoms with Crippen LogP contribution in [0.4, 0.5) is 0 Å². The number of carbonyl (C=O) groups excluding carboxylic acids is 5. The maximum Gasteiger partial charge on any atom is 0.337 e. The molecule has 0 spiro atoms. The standard InChI is InChI=1S/C37H49NO10/c1-19-26(42)18-25-32(45-21(3)39)29-20(2)27(48-35(44)31(43)30(38(9)10)24-14-12-11-13-15-24)16-17-37(29,8)34(47-23(5)41)33(46-22(4)40)28(19)36(25,6)7/h11-15,25,27,29-34,43H,2,16-18H2,1,3-10H3/t25?,27-,29-,30?,31+,32+,33+,34-,37+/m0/s1. The van der Waals surface area contributed by atoms with E-state index >= 15 is 0 Å². The Morgan fingerprint density at radius 3 is 2.06 bits per heavy atom. The molecule has 9 atom stereocenters. The summed E-state index contributed by atoms with van der Waals surface area (Å²) in [6, 6.07) is 8.41. The normalized spacial score (nSPS) is 31.1. The number of aliphatic hydroxyl groups excluding tert-OH is 1. The Hall–Kier alpha value is -3.83. The van der Waals surface area contributed by atoms with E-state index < -0.39 is 83.1 Å². The van der Waals surface area contributed by atoms with Crippen molar-refractivity contribution in [1.29, 1.82) is 0 Å². The Kier molecular flexibility index (Phi) is 10.8. The van der Waals surface area contributed by atoms with E-state index in [0.29, 0.717) is 16.7 Å². The molecular formula is C37H49NO10. The third kappa shape index (κ3) is 6.85. The number of fused-ring (bicyclic) bond motifs is 3. The predicted molar refractivity (Wildman–Crippen MR) is 175 cm³/mol. The van der Waals surface area contributed by atoms with Crippen molar-refractivity contribution in [2.24, 2.45) is 22.7 Å². The number of nitrogens with zero attached hydrogens (tertiary/aromatic N) is 1. The molecule has 262 valence electrons. The van der Waals surface area contributed by atoms with Crippen LogP contribution in [0.15, 0.2) is 53.6 Å². The summed E-state index contributed by atoms with van der Waals surface area (Å²) >= 11 is 0. The van der Waals surface area contributed by atoms with Crippen molar-refractivity contribution in [2.45, 2.75) is 104 Å². The highest BCUT2D eigenvalue weighted by Gasteiger charge is 2.64.